The Bertz CT molecular complexity index is 1620. The molecular formula is C34H38FN7O2. The summed E-state index contributed by atoms with van der Waals surface area (Å²) in [5.74, 6) is 0.421. The first kappa shape index (κ1) is 28.5. The minimum atomic E-state index is -0.266. The Balaban J connectivity index is 1.22. The van der Waals surface area contributed by atoms with E-state index in [1.807, 2.05) is 24.3 Å². The number of piperazine rings is 1. The number of nitrogens with zero attached hydrogens (tertiary/aromatic N) is 7. The third-order valence-corrected chi connectivity index (χ3v) is 9.84. The van der Waals surface area contributed by atoms with E-state index in [2.05, 4.69) is 27.3 Å². The van der Waals surface area contributed by atoms with Crippen LogP contribution >= 0.6 is 0 Å². The highest BCUT2D eigenvalue weighted by Gasteiger charge is 2.49. The second-order valence-corrected chi connectivity index (χ2v) is 12.4. The van der Waals surface area contributed by atoms with E-state index in [-0.39, 0.29) is 29.7 Å². The number of aromatic nitrogens is 2. The Morgan fingerprint density at radius 1 is 1.09 bits per heavy atom. The van der Waals surface area contributed by atoms with Gasteiger partial charge in [0.15, 0.2) is 0 Å². The second-order valence-electron chi connectivity index (χ2n) is 12.4. The quantitative estimate of drug-likeness (QED) is 0.353. The molecule has 7 rings (SSSR count). The molecule has 2 saturated heterocycles. The van der Waals surface area contributed by atoms with Gasteiger partial charge < -0.3 is 19.4 Å². The third kappa shape index (κ3) is 5.23. The standard InChI is InChI=1S/C34H38FN7O2/c1-2-30(43)42-20-19-40(21-25(42)11-15-36)32-26-12-18-39(29-10-6-8-24-7-5-9-27(35)31(24)29)22-28(26)37-33(38-32)44-23-34(13-14-34)41-16-3-4-17-41/h2,5-10,25H,1,3-4,11-14,16-23H2/t25-/m0/s1. The Morgan fingerprint density at radius 2 is 1.89 bits per heavy atom. The topological polar surface area (TPSA) is 88.8 Å². The van der Waals surface area contributed by atoms with Crippen LogP contribution in [-0.4, -0.2) is 83.1 Å². The molecule has 44 heavy (non-hydrogen) atoms. The van der Waals surface area contributed by atoms with Crippen LogP contribution in [0.5, 0.6) is 6.01 Å². The number of carbonyl (C=O) groups is 1. The van der Waals surface area contributed by atoms with Gasteiger partial charge >= 0.3 is 6.01 Å². The van der Waals surface area contributed by atoms with Crippen molar-refractivity contribution in [1.29, 1.82) is 5.26 Å². The smallest absolute Gasteiger partial charge is 0.318 e. The summed E-state index contributed by atoms with van der Waals surface area (Å²) in [5, 5.41) is 11.0. The number of hydrogen-bond acceptors (Lipinski definition) is 8. The predicted octanol–water partition coefficient (Wildman–Crippen LogP) is 4.46. The highest BCUT2D eigenvalue weighted by molar-refractivity contribution is 5.95. The number of nitriles is 1. The monoisotopic (exact) mass is 595 g/mol. The molecule has 0 bridgehead atoms. The molecular weight excluding hydrogens is 557 g/mol. The summed E-state index contributed by atoms with van der Waals surface area (Å²) in [5.41, 5.74) is 2.86. The second kappa shape index (κ2) is 11.7. The van der Waals surface area contributed by atoms with Crippen molar-refractivity contribution < 1.29 is 13.9 Å². The Morgan fingerprint density at radius 3 is 2.64 bits per heavy atom. The lowest BCUT2D eigenvalue weighted by atomic mass is 10.0. The largest absolute Gasteiger partial charge is 0.461 e. The molecule has 4 heterocycles. The Labute approximate surface area is 257 Å². The molecule has 9 nitrogen and oxygen atoms in total. The average Bonchev–Trinajstić information content (AvgIpc) is 3.63. The molecule has 3 aliphatic heterocycles. The fourth-order valence-electron chi connectivity index (χ4n) is 7.28. The normalized spacial score (nSPS) is 21.2. The summed E-state index contributed by atoms with van der Waals surface area (Å²) < 4.78 is 21.5. The maximum atomic E-state index is 15.1. The van der Waals surface area contributed by atoms with Crippen molar-refractivity contribution in [2.45, 2.75) is 56.7 Å². The first-order chi connectivity index (χ1) is 21.5. The number of hydrogen-bond donors (Lipinski definition) is 0. The summed E-state index contributed by atoms with van der Waals surface area (Å²) in [4.78, 5) is 31.2. The molecule has 1 aliphatic carbocycles. The lowest BCUT2D eigenvalue weighted by molar-refractivity contribution is -0.128. The van der Waals surface area contributed by atoms with Crippen molar-refractivity contribution in [3.05, 3.63) is 66.1 Å². The lowest BCUT2D eigenvalue weighted by Crippen LogP contribution is -2.55. The highest BCUT2D eigenvalue weighted by Crippen LogP contribution is 2.44. The maximum Gasteiger partial charge on any atom is 0.318 e. The van der Waals surface area contributed by atoms with Crippen molar-refractivity contribution in [3.63, 3.8) is 0 Å². The minimum Gasteiger partial charge on any atom is -0.461 e. The van der Waals surface area contributed by atoms with Gasteiger partial charge in [0.1, 0.15) is 18.2 Å². The zero-order chi connectivity index (χ0) is 30.3. The Kier molecular flexibility index (Phi) is 7.58. The van der Waals surface area contributed by atoms with E-state index in [4.69, 9.17) is 14.7 Å². The summed E-state index contributed by atoms with van der Waals surface area (Å²) in [7, 11) is 0. The summed E-state index contributed by atoms with van der Waals surface area (Å²) in [6.45, 7) is 9.18. The molecule has 0 unspecified atom stereocenters. The molecule has 3 aromatic rings. The zero-order valence-corrected chi connectivity index (χ0v) is 25.1. The van der Waals surface area contributed by atoms with Gasteiger partial charge in [-0.3, -0.25) is 9.69 Å². The molecule has 1 atom stereocenters. The average molecular weight is 596 g/mol. The van der Waals surface area contributed by atoms with E-state index in [0.29, 0.717) is 57.1 Å². The molecule has 4 aliphatic rings. The highest BCUT2D eigenvalue weighted by atomic mass is 19.1. The van der Waals surface area contributed by atoms with Crippen LogP contribution in [0.2, 0.25) is 0 Å². The summed E-state index contributed by atoms with van der Waals surface area (Å²) >= 11 is 0. The van der Waals surface area contributed by atoms with E-state index in [0.717, 1.165) is 54.1 Å². The minimum absolute atomic E-state index is 0.0804. The van der Waals surface area contributed by atoms with Gasteiger partial charge in [0, 0.05) is 42.8 Å². The van der Waals surface area contributed by atoms with Crippen LogP contribution in [0.1, 0.15) is 43.4 Å². The van der Waals surface area contributed by atoms with E-state index in [1.54, 1.807) is 11.0 Å². The van der Waals surface area contributed by atoms with Gasteiger partial charge in [0.2, 0.25) is 5.91 Å². The number of ether oxygens (including phenoxy) is 1. The van der Waals surface area contributed by atoms with Crippen LogP contribution in [0.4, 0.5) is 15.9 Å². The predicted molar refractivity (Wildman–Crippen MR) is 167 cm³/mol. The van der Waals surface area contributed by atoms with Crippen molar-refractivity contribution in [3.8, 4) is 12.1 Å². The zero-order valence-electron chi connectivity index (χ0n) is 25.1. The SMILES string of the molecule is C=CC(=O)N1CCN(c2nc(OCC3(N4CCCC4)CC3)nc3c2CCN(c2cccc4cccc(F)c24)C3)C[C@@H]1CC#N. The van der Waals surface area contributed by atoms with E-state index < -0.39 is 0 Å². The molecule has 1 aromatic heterocycles. The van der Waals surface area contributed by atoms with Gasteiger partial charge in [0.05, 0.1) is 36.3 Å². The molecule has 1 amide bonds. The van der Waals surface area contributed by atoms with Crippen LogP contribution in [0.3, 0.4) is 0 Å². The van der Waals surface area contributed by atoms with Gasteiger partial charge in [-0.25, -0.2) is 4.39 Å². The molecule has 1 saturated carbocycles. The summed E-state index contributed by atoms with van der Waals surface area (Å²) in [6.07, 6.45) is 6.94. The van der Waals surface area contributed by atoms with Gasteiger partial charge in [-0.1, -0.05) is 30.8 Å². The number of fused-ring (bicyclic) bond motifs is 2. The van der Waals surface area contributed by atoms with Crippen molar-refractivity contribution in [2.75, 3.05) is 55.7 Å². The number of carbonyl (C=O) groups excluding carboxylic acids is 1. The van der Waals surface area contributed by atoms with Crippen LogP contribution < -0.4 is 14.5 Å². The van der Waals surface area contributed by atoms with Crippen molar-refractivity contribution >= 4 is 28.2 Å². The molecule has 0 radical (unpaired) electrons. The molecule has 2 aromatic carbocycles. The number of likely N-dealkylation sites (tertiary alicyclic amines) is 1. The number of amides is 1. The van der Waals surface area contributed by atoms with Gasteiger partial charge in [-0.2, -0.15) is 15.2 Å². The van der Waals surface area contributed by atoms with Crippen LogP contribution in [-0.2, 0) is 17.8 Å². The molecule has 3 fully saturated rings. The van der Waals surface area contributed by atoms with E-state index in [9.17, 15) is 10.1 Å². The van der Waals surface area contributed by atoms with Gasteiger partial charge in [-0.05, 0) is 68.8 Å². The lowest BCUT2D eigenvalue weighted by Gasteiger charge is -2.42. The van der Waals surface area contributed by atoms with Crippen LogP contribution in [0, 0.1) is 17.1 Å². The number of rotatable bonds is 8. The van der Waals surface area contributed by atoms with Crippen molar-refractivity contribution in [1.82, 2.24) is 19.8 Å². The Hall–Kier alpha value is -4.23. The number of benzene rings is 2. The van der Waals surface area contributed by atoms with Gasteiger partial charge in [-0.15, -0.1) is 0 Å². The number of anilines is 2. The van der Waals surface area contributed by atoms with Crippen molar-refractivity contribution in [2.24, 2.45) is 0 Å². The first-order valence-corrected chi connectivity index (χ1v) is 15.7. The first-order valence-electron chi connectivity index (χ1n) is 15.7. The third-order valence-electron chi connectivity index (χ3n) is 9.84. The van der Waals surface area contributed by atoms with Crippen LogP contribution in [0.15, 0.2) is 49.1 Å². The maximum absolute atomic E-state index is 15.1. The molecule has 0 spiro atoms. The number of halogens is 1. The van der Waals surface area contributed by atoms with E-state index >= 15 is 4.39 Å². The fourth-order valence-corrected chi connectivity index (χ4v) is 7.28. The van der Waals surface area contributed by atoms with Gasteiger partial charge in [0.25, 0.3) is 0 Å². The molecule has 10 heteroatoms. The fraction of sp³-hybridized carbons (Fsp3) is 0.471. The molecule has 228 valence electrons. The summed E-state index contributed by atoms with van der Waals surface area (Å²) in [6, 6.07) is 13.4. The van der Waals surface area contributed by atoms with E-state index in [1.165, 1.54) is 25.0 Å². The molecule has 0 N–H and O–H groups in total. The van der Waals surface area contributed by atoms with Crippen LogP contribution in [0.25, 0.3) is 10.8 Å².